The fraction of sp³-hybridized carbons (Fsp3) is 0.250. The van der Waals surface area contributed by atoms with Gasteiger partial charge in [0.2, 0.25) is 5.79 Å². The molecule has 3 rings (SSSR count). The summed E-state index contributed by atoms with van der Waals surface area (Å²) in [4.78, 5) is 24.6. The maximum atomic E-state index is 12.4. The molecule has 0 fully saturated rings. The average Bonchev–Trinajstić information content (AvgIpc) is 2.97. The third-order valence-electron chi connectivity index (χ3n) is 3.35. The van der Waals surface area contributed by atoms with E-state index >= 15 is 0 Å². The molecule has 0 aliphatic carbocycles. The highest BCUT2D eigenvalue weighted by Crippen LogP contribution is 2.37. The molecule has 1 aliphatic heterocycles. The zero-order valence-electron chi connectivity index (χ0n) is 13.1. The van der Waals surface area contributed by atoms with E-state index in [1.807, 2.05) is 0 Å². The van der Waals surface area contributed by atoms with Crippen LogP contribution in [0.4, 0.5) is 0 Å². The molecular weight excluding hydrogens is 314 g/mol. The molecular formula is C16H15N3O5. The van der Waals surface area contributed by atoms with Crippen LogP contribution in [0.1, 0.15) is 35.3 Å². The molecule has 0 amide bonds. The van der Waals surface area contributed by atoms with Crippen molar-refractivity contribution in [1.82, 2.24) is 15.0 Å². The van der Waals surface area contributed by atoms with E-state index in [1.165, 1.54) is 23.3 Å². The molecule has 0 radical (unpaired) electrons. The number of hydrogen-bond donors (Lipinski definition) is 1. The summed E-state index contributed by atoms with van der Waals surface area (Å²) in [7, 11) is 0. The summed E-state index contributed by atoms with van der Waals surface area (Å²) < 4.78 is 11.1. The Hall–Kier alpha value is -3.16. The Labute approximate surface area is 137 Å². The van der Waals surface area contributed by atoms with Crippen molar-refractivity contribution >= 4 is 18.0 Å². The predicted molar refractivity (Wildman–Crippen MR) is 82.4 cm³/mol. The maximum Gasteiger partial charge on any atom is 0.345 e. The monoisotopic (exact) mass is 329 g/mol. The number of cyclic esters (lactones) is 1. The lowest BCUT2D eigenvalue weighted by Gasteiger charge is -2.33. The van der Waals surface area contributed by atoms with Crippen LogP contribution < -0.4 is 4.74 Å². The summed E-state index contributed by atoms with van der Waals surface area (Å²) in [5.74, 6) is -2.48. The number of fused-ring (bicyclic) bond motifs is 1. The van der Waals surface area contributed by atoms with Crippen LogP contribution in [0.15, 0.2) is 30.6 Å². The van der Waals surface area contributed by atoms with Gasteiger partial charge in [0.05, 0.1) is 18.9 Å². The van der Waals surface area contributed by atoms with Crippen molar-refractivity contribution in [1.29, 1.82) is 0 Å². The topological polar surface area (TPSA) is 104 Å². The Morgan fingerprint density at radius 2 is 2.00 bits per heavy atom. The van der Waals surface area contributed by atoms with Gasteiger partial charge in [-0.05, 0) is 11.6 Å². The van der Waals surface area contributed by atoms with Gasteiger partial charge in [0.15, 0.2) is 0 Å². The number of hydrogen-bond acceptors (Lipinski definition) is 6. The van der Waals surface area contributed by atoms with Crippen molar-refractivity contribution in [3.05, 3.63) is 47.3 Å². The van der Waals surface area contributed by atoms with Gasteiger partial charge in [-0.25, -0.2) is 9.59 Å². The summed E-state index contributed by atoms with van der Waals surface area (Å²) in [5.41, 5.74) is 1.35. The van der Waals surface area contributed by atoms with Crippen molar-refractivity contribution < 1.29 is 24.2 Å². The van der Waals surface area contributed by atoms with Crippen LogP contribution in [-0.2, 0) is 16.1 Å². The lowest BCUT2D eigenvalue weighted by Crippen LogP contribution is -2.39. The molecule has 0 spiro atoms. The van der Waals surface area contributed by atoms with Crippen LogP contribution in [0.3, 0.4) is 0 Å². The lowest BCUT2D eigenvalue weighted by molar-refractivity contribution is -0.131. The molecule has 2 aromatic rings. The minimum Gasteiger partial charge on any atom is -0.478 e. The van der Waals surface area contributed by atoms with Crippen LogP contribution in [0.25, 0.3) is 6.08 Å². The van der Waals surface area contributed by atoms with Gasteiger partial charge in [0, 0.05) is 25.5 Å². The lowest BCUT2D eigenvalue weighted by atomic mass is 10.00. The number of carbonyl (C=O) groups is 2. The molecule has 0 saturated heterocycles. The third kappa shape index (κ3) is 3.12. The van der Waals surface area contributed by atoms with E-state index in [1.54, 1.807) is 26.0 Å². The first kappa shape index (κ1) is 15.7. The fourth-order valence-electron chi connectivity index (χ4n) is 2.42. The molecule has 8 nitrogen and oxygen atoms in total. The number of benzene rings is 1. The number of aliphatic carboxylic acids is 1. The quantitative estimate of drug-likeness (QED) is 0.672. The largest absolute Gasteiger partial charge is 0.478 e. The highest BCUT2D eigenvalue weighted by atomic mass is 16.7. The third-order valence-corrected chi connectivity index (χ3v) is 3.35. The second kappa shape index (κ2) is 5.80. The van der Waals surface area contributed by atoms with Crippen molar-refractivity contribution in [3.8, 4) is 5.75 Å². The molecule has 0 bridgehead atoms. The molecule has 1 aromatic carbocycles. The number of carboxylic acids is 1. The van der Waals surface area contributed by atoms with Crippen molar-refractivity contribution in [2.75, 3.05) is 0 Å². The SMILES string of the molecule is CC1(C)OC(=O)c2c(Cn3nccn3)ccc(/C=C/C(=O)O)c2O1. The number of carbonyl (C=O) groups excluding carboxylic acids is 1. The van der Waals surface area contributed by atoms with Gasteiger partial charge >= 0.3 is 11.9 Å². The van der Waals surface area contributed by atoms with Crippen LogP contribution in [-0.4, -0.2) is 37.8 Å². The van der Waals surface area contributed by atoms with Crippen LogP contribution >= 0.6 is 0 Å². The molecule has 1 N–H and O–H groups in total. The summed E-state index contributed by atoms with van der Waals surface area (Å²) >= 11 is 0. The predicted octanol–water partition coefficient (Wildman–Crippen LogP) is 1.71. The maximum absolute atomic E-state index is 12.4. The first-order chi connectivity index (χ1) is 11.4. The molecule has 0 unspecified atom stereocenters. The van der Waals surface area contributed by atoms with Gasteiger partial charge in [0.25, 0.3) is 0 Å². The normalized spacial score (nSPS) is 15.7. The molecule has 1 aromatic heterocycles. The zero-order chi connectivity index (χ0) is 17.3. The Balaban J connectivity index is 2.11. The van der Waals surface area contributed by atoms with Gasteiger partial charge < -0.3 is 14.6 Å². The number of carboxylic acid groups (broad SMARTS) is 1. The second-order valence-electron chi connectivity index (χ2n) is 5.64. The minimum absolute atomic E-state index is 0.249. The van der Waals surface area contributed by atoms with E-state index < -0.39 is 17.7 Å². The number of nitrogens with zero attached hydrogens (tertiary/aromatic N) is 3. The van der Waals surface area contributed by atoms with E-state index in [4.69, 9.17) is 14.6 Å². The number of ether oxygens (including phenoxy) is 2. The Bertz CT molecular complexity index is 824. The smallest absolute Gasteiger partial charge is 0.345 e. The van der Waals surface area contributed by atoms with Crippen LogP contribution in [0.5, 0.6) is 5.75 Å². The number of aromatic nitrogens is 3. The van der Waals surface area contributed by atoms with E-state index in [0.29, 0.717) is 16.9 Å². The van der Waals surface area contributed by atoms with Crippen molar-refractivity contribution in [3.63, 3.8) is 0 Å². The first-order valence-electron chi connectivity index (χ1n) is 7.19. The molecule has 1 aliphatic rings. The Kier molecular flexibility index (Phi) is 3.80. The van der Waals surface area contributed by atoms with Crippen molar-refractivity contribution in [2.24, 2.45) is 0 Å². The van der Waals surface area contributed by atoms with Crippen LogP contribution in [0.2, 0.25) is 0 Å². The summed E-state index contributed by atoms with van der Waals surface area (Å²) in [6.45, 7) is 3.48. The Morgan fingerprint density at radius 1 is 1.29 bits per heavy atom. The van der Waals surface area contributed by atoms with E-state index in [2.05, 4.69) is 10.2 Å². The molecule has 0 atom stereocenters. The van der Waals surface area contributed by atoms with Gasteiger partial charge in [-0.1, -0.05) is 12.1 Å². The molecule has 24 heavy (non-hydrogen) atoms. The Morgan fingerprint density at radius 3 is 2.67 bits per heavy atom. The second-order valence-corrected chi connectivity index (χ2v) is 5.64. The highest BCUT2D eigenvalue weighted by Gasteiger charge is 2.36. The number of rotatable bonds is 4. The number of esters is 1. The standard InChI is InChI=1S/C16H15N3O5/c1-16(2)23-14-10(5-6-12(20)21)3-4-11(13(14)15(22)24-16)9-19-17-7-8-18-19/h3-8H,9H2,1-2H3,(H,20,21)/b6-5+. The minimum atomic E-state index is -1.14. The molecule has 8 heteroatoms. The zero-order valence-corrected chi connectivity index (χ0v) is 13.1. The van der Waals surface area contributed by atoms with Gasteiger partial charge in [0.1, 0.15) is 11.3 Å². The summed E-state index contributed by atoms with van der Waals surface area (Å²) in [6, 6.07) is 3.39. The van der Waals surface area contributed by atoms with Gasteiger partial charge in [-0.3, -0.25) is 0 Å². The molecule has 2 heterocycles. The van der Waals surface area contributed by atoms with Crippen LogP contribution in [0, 0.1) is 0 Å². The summed E-state index contributed by atoms with van der Waals surface area (Å²) in [6.07, 6.45) is 5.44. The average molecular weight is 329 g/mol. The fourth-order valence-corrected chi connectivity index (χ4v) is 2.42. The van der Waals surface area contributed by atoms with E-state index in [9.17, 15) is 9.59 Å². The highest BCUT2D eigenvalue weighted by molar-refractivity contribution is 5.97. The first-order valence-corrected chi connectivity index (χ1v) is 7.19. The molecule has 0 saturated carbocycles. The molecule has 124 valence electrons. The summed E-state index contributed by atoms with van der Waals surface area (Å²) in [5, 5.41) is 16.9. The van der Waals surface area contributed by atoms with Crippen molar-refractivity contribution in [2.45, 2.75) is 26.2 Å². The van der Waals surface area contributed by atoms with Gasteiger partial charge in [-0.15, -0.1) is 0 Å². The van der Waals surface area contributed by atoms with Gasteiger partial charge in [-0.2, -0.15) is 15.0 Å². The van der Waals surface area contributed by atoms with E-state index in [-0.39, 0.29) is 12.1 Å². The van der Waals surface area contributed by atoms with E-state index in [0.717, 1.165) is 6.08 Å².